The molecular weight excluding hydrogens is 296 g/mol. The summed E-state index contributed by atoms with van der Waals surface area (Å²) in [7, 11) is 0. The Balaban J connectivity index is 2.34. The number of benzene rings is 1. The zero-order chi connectivity index (χ0) is 13.3. The van der Waals surface area contributed by atoms with E-state index in [0.29, 0.717) is 17.8 Å². The molecule has 1 saturated heterocycles. The van der Waals surface area contributed by atoms with Crippen LogP contribution in [0.4, 0.5) is 5.69 Å². The van der Waals surface area contributed by atoms with Crippen molar-refractivity contribution in [3.8, 4) is 0 Å². The average Bonchev–Trinajstić information content (AvgIpc) is 2.81. The third-order valence-electron chi connectivity index (χ3n) is 3.49. The predicted octanol–water partition coefficient (Wildman–Crippen LogP) is 1.94. The van der Waals surface area contributed by atoms with Crippen LogP contribution < -0.4 is 5.73 Å². The number of aliphatic hydroxyl groups is 1. The van der Waals surface area contributed by atoms with Gasteiger partial charge in [-0.1, -0.05) is 15.9 Å². The summed E-state index contributed by atoms with van der Waals surface area (Å²) >= 11 is 3.36. The molecule has 1 heterocycles. The van der Waals surface area contributed by atoms with Crippen LogP contribution in [0.2, 0.25) is 0 Å². The number of halogens is 1. The fourth-order valence-corrected chi connectivity index (χ4v) is 2.85. The normalized spacial score (nSPS) is 19.3. The van der Waals surface area contributed by atoms with Gasteiger partial charge in [-0.2, -0.15) is 0 Å². The lowest BCUT2D eigenvalue weighted by molar-refractivity contribution is 0.0677. The number of nitrogen functional groups attached to an aromatic ring is 1. The van der Waals surface area contributed by atoms with Crippen LogP contribution in [0, 0.1) is 6.92 Å². The third kappa shape index (κ3) is 2.37. The van der Waals surface area contributed by atoms with Crippen LogP contribution in [0.1, 0.15) is 28.8 Å². The van der Waals surface area contributed by atoms with Gasteiger partial charge in [-0.3, -0.25) is 4.79 Å². The first-order valence-corrected chi connectivity index (χ1v) is 6.81. The molecule has 18 heavy (non-hydrogen) atoms. The molecular formula is C13H17BrN2O2. The van der Waals surface area contributed by atoms with Crippen LogP contribution in [-0.2, 0) is 0 Å². The van der Waals surface area contributed by atoms with E-state index < -0.39 is 0 Å². The van der Waals surface area contributed by atoms with Gasteiger partial charge in [-0.15, -0.1) is 0 Å². The minimum absolute atomic E-state index is 0.0221. The van der Waals surface area contributed by atoms with Crippen LogP contribution in [0.15, 0.2) is 16.6 Å². The van der Waals surface area contributed by atoms with E-state index in [1.165, 1.54) is 0 Å². The number of aliphatic hydroxyl groups excluding tert-OH is 1. The van der Waals surface area contributed by atoms with Gasteiger partial charge in [0.05, 0.1) is 12.6 Å². The van der Waals surface area contributed by atoms with E-state index >= 15 is 0 Å². The van der Waals surface area contributed by atoms with Crippen molar-refractivity contribution in [1.29, 1.82) is 0 Å². The van der Waals surface area contributed by atoms with E-state index in [4.69, 9.17) is 5.73 Å². The number of nitrogens with two attached hydrogens (primary N) is 1. The summed E-state index contributed by atoms with van der Waals surface area (Å²) in [4.78, 5) is 14.2. The van der Waals surface area contributed by atoms with E-state index in [0.717, 1.165) is 22.9 Å². The van der Waals surface area contributed by atoms with Gasteiger partial charge in [0, 0.05) is 22.3 Å². The van der Waals surface area contributed by atoms with Gasteiger partial charge in [0.25, 0.3) is 5.91 Å². The Labute approximate surface area is 115 Å². The molecule has 1 fully saturated rings. The molecule has 0 saturated carbocycles. The van der Waals surface area contributed by atoms with Crippen molar-refractivity contribution in [2.45, 2.75) is 25.8 Å². The summed E-state index contributed by atoms with van der Waals surface area (Å²) < 4.78 is 0.800. The average molecular weight is 313 g/mol. The summed E-state index contributed by atoms with van der Waals surface area (Å²) in [5.74, 6) is -0.0444. The van der Waals surface area contributed by atoms with Gasteiger partial charge in [-0.25, -0.2) is 0 Å². The number of amides is 1. The zero-order valence-corrected chi connectivity index (χ0v) is 11.9. The first-order chi connectivity index (χ1) is 8.54. The Bertz CT molecular complexity index is 476. The van der Waals surface area contributed by atoms with Crippen molar-refractivity contribution >= 4 is 27.5 Å². The summed E-state index contributed by atoms with van der Waals surface area (Å²) in [5, 5.41) is 9.28. The van der Waals surface area contributed by atoms with Crippen molar-refractivity contribution in [3.05, 3.63) is 27.7 Å². The molecule has 4 nitrogen and oxygen atoms in total. The van der Waals surface area contributed by atoms with Crippen LogP contribution >= 0.6 is 15.9 Å². The van der Waals surface area contributed by atoms with Crippen LogP contribution in [0.25, 0.3) is 0 Å². The SMILES string of the molecule is Cc1c(N)cc(Br)cc1C(=O)N1CCC[C@@H]1CO. The highest BCUT2D eigenvalue weighted by Crippen LogP contribution is 2.26. The van der Waals surface area contributed by atoms with Gasteiger partial charge >= 0.3 is 0 Å². The predicted molar refractivity (Wildman–Crippen MR) is 74.4 cm³/mol. The van der Waals surface area contributed by atoms with Crippen LogP contribution in [0.5, 0.6) is 0 Å². The monoisotopic (exact) mass is 312 g/mol. The molecule has 98 valence electrons. The first-order valence-electron chi connectivity index (χ1n) is 6.02. The maximum absolute atomic E-state index is 12.5. The molecule has 0 spiro atoms. The maximum atomic E-state index is 12.5. The second-order valence-corrected chi connectivity index (χ2v) is 5.56. The van der Waals surface area contributed by atoms with Crippen LogP contribution in [-0.4, -0.2) is 35.1 Å². The number of nitrogens with zero attached hydrogens (tertiary/aromatic N) is 1. The minimum Gasteiger partial charge on any atom is -0.398 e. The number of rotatable bonds is 2. The number of carbonyl (C=O) groups excluding carboxylic acids is 1. The standard InChI is InChI=1S/C13H17BrN2O2/c1-8-11(5-9(14)6-12(8)15)13(18)16-4-2-3-10(16)7-17/h5-6,10,17H,2-4,7,15H2,1H3/t10-/m1/s1. The smallest absolute Gasteiger partial charge is 0.254 e. The fourth-order valence-electron chi connectivity index (χ4n) is 2.37. The molecule has 0 radical (unpaired) electrons. The Hall–Kier alpha value is -1.07. The highest BCUT2D eigenvalue weighted by molar-refractivity contribution is 9.10. The maximum Gasteiger partial charge on any atom is 0.254 e. The Morgan fingerprint density at radius 3 is 3.00 bits per heavy atom. The van der Waals surface area contributed by atoms with E-state index in [1.807, 2.05) is 6.92 Å². The van der Waals surface area contributed by atoms with Gasteiger partial charge in [0.2, 0.25) is 0 Å². The molecule has 1 aromatic rings. The molecule has 2 rings (SSSR count). The van der Waals surface area contributed by atoms with Gasteiger partial charge in [-0.05, 0) is 37.5 Å². The lowest BCUT2D eigenvalue weighted by Gasteiger charge is -2.24. The van der Waals surface area contributed by atoms with Gasteiger partial charge in [0.15, 0.2) is 0 Å². The number of likely N-dealkylation sites (tertiary alicyclic amines) is 1. The molecule has 3 N–H and O–H groups in total. The Kier molecular flexibility index (Phi) is 3.92. The summed E-state index contributed by atoms with van der Waals surface area (Å²) in [6.07, 6.45) is 1.81. The molecule has 0 bridgehead atoms. The second kappa shape index (κ2) is 5.28. The fraction of sp³-hybridized carbons (Fsp3) is 0.462. The highest BCUT2D eigenvalue weighted by atomic mass is 79.9. The molecule has 1 aliphatic heterocycles. The minimum atomic E-state index is -0.0582. The lowest BCUT2D eigenvalue weighted by Crippen LogP contribution is -2.38. The molecule has 1 aromatic carbocycles. The molecule has 0 unspecified atom stereocenters. The molecule has 1 aliphatic rings. The number of carbonyl (C=O) groups is 1. The second-order valence-electron chi connectivity index (χ2n) is 4.64. The molecule has 0 aromatic heterocycles. The molecule has 0 aliphatic carbocycles. The van der Waals surface area contributed by atoms with Crippen molar-refractivity contribution < 1.29 is 9.90 Å². The van der Waals surface area contributed by atoms with Crippen LogP contribution in [0.3, 0.4) is 0 Å². The number of anilines is 1. The molecule has 1 atom stereocenters. The van der Waals surface area contributed by atoms with E-state index in [2.05, 4.69) is 15.9 Å². The zero-order valence-electron chi connectivity index (χ0n) is 10.3. The van der Waals surface area contributed by atoms with Crippen molar-refractivity contribution in [1.82, 2.24) is 4.90 Å². The van der Waals surface area contributed by atoms with Crippen molar-refractivity contribution in [2.75, 3.05) is 18.9 Å². The Morgan fingerprint density at radius 2 is 2.33 bits per heavy atom. The summed E-state index contributed by atoms with van der Waals surface area (Å²) in [6, 6.07) is 3.53. The highest BCUT2D eigenvalue weighted by Gasteiger charge is 2.29. The quantitative estimate of drug-likeness (QED) is 0.820. The van der Waals surface area contributed by atoms with Crippen molar-refractivity contribution in [2.24, 2.45) is 0 Å². The van der Waals surface area contributed by atoms with E-state index in [-0.39, 0.29) is 18.6 Å². The lowest BCUT2D eigenvalue weighted by atomic mass is 10.1. The molecule has 1 amide bonds. The van der Waals surface area contributed by atoms with Gasteiger partial charge < -0.3 is 15.7 Å². The van der Waals surface area contributed by atoms with Gasteiger partial charge in [0.1, 0.15) is 0 Å². The number of hydrogen-bond acceptors (Lipinski definition) is 3. The number of hydrogen-bond donors (Lipinski definition) is 2. The Morgan fingerprint density at radius 1 is 1.61 bits per heavy atom. The molecule has 5 heteroatoms. The van der Waals surface area contributed by atoms with Crippen molar-refractivity contribution in [3.63, 3.8) is 0 Å². The largest absolute Gasteiger partial charge is 0.398 e. The topological polar surface area (TPSA) is 66.6 Å². The van der Waals surface area contributed by atoms with E-state index in [1.54, 1.807) is 17.0 Å². The summed E-state index contributed by atoms with van der Waals surface area (Å²) in [6.45, 7) is 2.57. The summed E-state index contributed by atoms with van der Waals surface area (Å²) in [5.41, 5.74) is 7.89. The first kappa shape index (κ1) is 13.4. The third-order valence-corrected chi connectivity index (χ3v) is 3.95. The van der Waals surface area contributed by atoms with E-state index in [9.17, 15) is 9.90 Å².